The number of ketones is 1. The second kappa shape index (κ2) is 7.64. The number of hydrogen-bond donors (Lipinski definition) is 3. The first-order valence-corrected chi connectivity index (χ1v) is 6.85. The molecule has 0 aromatic heterocycles. The monoisotopic (exact) mass is 295 g/mol. The van der Waals surface area contributed by atoms with E-state index in [2.05, 4.69) is 11.1 Å². The number of benzene rings is 1. The Morgan fingerprint density at radius 1 is 1.52 bits per heavy atom. The zero-order chi connectivity index (χ0) is 16.0. The molecule has 0 spiro atoms. The van der Waals surface area contributed by atoms with E-state index < -0.39 is 0 Å². The second-order valence-electron chi connectivity index (χ2n) is 4.93. The van der Waals surface area contributed by atoms with Gasteiger partial charge in [0.1, 0.15) is 18.0 Å². The van der Waals surface area contributed by atoms with Crippen LogP contribution in [0.4, 0.5) is 0 Å². The smallest absolute Gasteiger partial charge is 0.220 e. The van der Waals surface area contributed by atoms with Crippen LogP contribution in [-0.4, -0.2) is 29.9 Å². The fourth-order valence-electron chi connectivity index (χ4n) is 2.09. The molecule has 5 N–H and O–H groups in total. The third kappa shape index (κ3) is 4.46. The summed E-state index contributed by atoms with van der Waals surface area (Å²) in [4.78, 5) is 21.1. The molecule has 1 aromatic carbocycles. The summed E-state index contributed by atoms with van der Waals surface area (Å²) in [5, 5.41) is 12.2. The molecule has 6 heteroatoms. The first kappa shape index (κ1) is 17.0. The van der Waals surface area contributed by atoms with Gasteiger partial charge in [-0.2, -0.15) is 0 Å². The van der Waals surface area contributed by atoms with E-state index in [1.165, 1.54) is 6.92 Å². The Morgan fingerprint density at radius 3 is 2.57 bits per heavy atom. The highest BCUT2D eigenvalue weighted by Crippen LogP contribution is 2.29. The SMILES string of the molecule is CC(=O)[C@@H]1CCC(=O)N1.COc1ccc(C)c(O)c1C[NH3+]. The zero-order valence-corrected chi connectivity index (χ0v) is 12.7. The minimum Gasteiger partial charge on any atom is -0.507 e. The number of amides is 1. The summed E-state index contributed by atoms with van der Waals surface area (Å²) in [6, 6.07) is 3.47. The summed E-state index contributed by atoms with van der Waals surface area (Å²) in [6.45, 7) is 3.89. The van der Waals surface area contributed by atoms with Gasteiger partial charge in [-0.15, -0.1) is 0 Å². The van der Waals surface area contributed by atoms with Crippen LogP contribution >= 0.6 is 0 Å². The highest BCUT2D eigenvalue weighted by atomic mass is 16.5. The van der Waals surface area contributed by atoms with E-state index in [0.29, 0.717) is 30.9 Å². The number of nitrogens with one attached hydrogen (secondary N) is 1. The summed E-state index contributed by atoms with van der Waals surface area (Å²) in [7, 11) is 1.59. The van der Waals surface area contributed by atoms with E-state index >= 15 is 0 Å². The van der Waals surface area contributed by atoms with Gasteiger partial charge in [-0.25, -0.2) is 0 Å². The number of phenols is 1. The summed E-state index contributed by atoms with van der Waals surface area (Å²) < 4.78 is 5.07. The van der Waals surface area contributed by atoms with Crippen LogP contribution in [0.15, 0.2) is 12.1 Å². The van der Waals surface area contributed by atoms with Crippen molar-refractivity contribution in [3.05, 3.63) is 23.3 Å². The van der Waals surface area contributed by atoms with Gasteiger partial charge in [-0.3, -0.25) is 9.59 Å². The van der Waals surface area contributed by atoms with Crippen molar-refractivity contribution in [2.75, 3.05) is 7.11 Å². The van der Waals surface area contributed by atoms with Crippen molar-refractivity contribution in [3.63, 3.8) is 0 Å². The molecule has 0 bridgehead atoms. The summed E-state index contributed by atoms with van der Waals surface area (Å²) in [5.74, 6) is 1.05. The van der Waals surface area contributed by atoms with E-state index in [-0.39, 0.29) is 17.7 Å². The molecule has 2 rings (SSSR count). The second-order valence-corrected chi connectivity index (χ2v) is 4.93. The van der Waals surface area contributed by atoms with Crippen LogP contribution in [-0.2, 0) is 16.1 Å². The van der Waals surface area contributed by atoms with Crippen LogP contribution < -0.4 is 15.8 Å². The molecule has 0 saturated carbocycles. The van der Waals surface area contributed by atoms with Gasteiger partial charge in [0.15, 0.2) is 5.78 Å². The number of quaternary nitrogens is 1. The Bertz CT molecular complexity index is 529. The zero-order valence-electron chi connectivity index (χ0n) is 12.7. The summed E-state index contributed by atoms with van der Waals surface area (Å²) in [5.41, 5.74) is 5.36. The van der Waals surface area contributed by atoms with Crippen molar-refractivity contribution in [2.45, 2.75) is 39.3 Å². The maximum absolute atomic E-state index is 10.6. The number of hydrogen-bond acceptors (Lipinski definition) is 4. The van der Waals surface area contributed by atoms with E-state index in [4.69, 9.17) is 4.74 Å². The first-order chi connectivity index (χ1) is 9.90. The highest BCUT2D eigenvalue weighted by molar-refractivity contribution is 5.90. The van der Waals surface area contributed by atoms with Crippen LogP contribution in [0, 0.1) is 6.92 Å². The summed E-state index contributed by atoms with van der Waals surface area (Å²) >= 11 is 0. The van der Waals surface area contributed by atoms with Crippen molar-refractivity contribution in [1.82, 2.24) is 5.32 Å². The Hall–Kier alpha value is -2.08. The van der Waals surface area contributed by atoms with Gasteiger partial charge in [0.25, 0.3) is 0 Å². The van der Waals surface area contributed by atoms with Crippen LogP contribution in [0.5, 0.6) is 11.5 Å². The third-order valence-corrected chi connectivity index (χ3v) is 3.40. The normalized spacial score (nSPS) is 16.8. The standard InChI is InChI=1S/C9H13NO2.C6H9NO2/c1-6-3-4-8(12-2)7(5-10)9(6)11;1-4(8)5-2-3-6(9)7-5/h3-4,11H,5,10H2,1-2H3;5H,2-3H2,1H3,(H,7,9)/p+1/t;5-/m.0/s1. The van der Waals surface area contributed by atoms with Crippen molar-refractivity contribution in [3.8, 4) is 11.5 Å². The molecule has 116 valence electrons. The number of aryl methyl sites for hydroxylation is 1. The molecule has 1 heterocycles. The number of Topliss-reactive ketones (excluding diaryl/α,β-unsaturated/α-hetero) is 1. The molecule has 1 aliphatic rings. The molecule has 1 aliphatic heterocycles. The summed E-state index contributed by atoms with van der Waals surface area (Å²) in [6.07, 6.45) is 1.18. The Labute approximate surface area is 124 Å². The number of ether oxygens (including phenoxy) is 1. The molecule has 0 aliphatic carbocycles. The van der Waals surface area contributed by atoms with Gasteiger partial charge in [-0.05, 0) is 31.9 Å². The van der Waals surface area contributed by atoms with Gasteiger partial charge in [0, 0.05) is 6.42 Å². The highest BCUT2D eigenvalue weighted by Gasteiger charge is 2.23. The van der Waals surface area contributed by atoms with Crippen LogP contribution in [0.3, 0.4) is 0 Å². The molecular weight excluding hydrogens is 272 g/mol. The number of carbonyl (C=O) groups is 2. The Morgan fingerprint density at radius 2 is 2.19 bits per heavy atom. The van der Waals surface area contributed by atoms with E-state index in [0.717, 1.165) is 11.1 Å². The molecule has 1 fully saturated rings. The first-order valence-electron chi connectivity index (χ1n) is 6.85. The number of methoxy groups -OCH3 is 1. The number of rotatable bonds is 3. The molecule has 6 nitrogen and oxygen atoms in total. The van der Waals surface area contributed by atoms with Crippen molar-refractivity contribution >= 4 is 11.7 Å². The maximum Gasteiger partial charge on any atom is 0.220 e. The average molecular weight is 295 g/mol. The third-order valence-electron chi connectivity index (χ3n) is 3.40. The fraction of sp³-hybridized carbons (Fsp3) is 0.467. The average Bonchev–Trinajstić information content (AvgIpc) is 2.89. The largest absolute Gasteiger partial charge is 0.507 e. The lowest BCUT2D eigenvalue weighted by Crippen LogP contribution is -2.47. The lowest BCUT2D eigenvalue weighted by molar-refractivity contribution is -0.386. The van der Waals surface area contributed by atoms with Crippen LogP contribution in [0.1, 0.15) is 30.9 Å². The molecule has 0 unspecified atom stereocenters. The lowest BCUT2D eigenvalue weighted by atomic mass is 10.1. The number of phenolic OH excluding ortho intramolecular Hbond substituents is 1. The molecule has 1 amide bonds. The molecular formula is C15H23N2O4+. The van der Waals surface area contributed by atoms with Gasteiger partial charge >= 0.3 is 0 Å². The lowest BCUT2D eigenvalue weighted by Gasteiger charge is -2.08. The van der Waals surface area contributed by atoms with Gasteiger partial charge in [0.05, 0.1) is 18.7 Å². The van der Waals surface area contributed by atoms with Crippen LogP contribution in [0.2, 0.25) is 0 Å². The Balaban J connectivity index is 0.000000219. The van der Waals surface area contributed by atoms with Gasteiger partial charge in [0.2, 0.25) is 5.91 Å². The Kier molecular flexibility index (Phi) is 6.17. The van der Waals surface area contributed by atoms with Crippen LogP contribution in [0.25, 0.3) is 0 Å². The molecule has 1 aromatic rings. The minimum absolute atomic E-state index is 0.00444. The van der Waals surface area contributed by atoms with Gasteiger partial charge in [-0.1, -0.05) is 6.07 Å². The predicted octanol–water partition coefficient (Wildman–Crippen LogP) is 0.305. The molecule has 1 atom stereocenters. The maximum atomic E-state index is 10.6. The van der Waals surface area contributed by atoms with Crippen molar-refractivity contribution in [1.29, 1.82) is 0 Å². The topological polar surface area (TPSA) is 103 Å². The predicted molar refractivity (Wildman–Crippen MR) is 77.8 cm³/mol. The molecule has 1 saturated heterocycles. The number of carbonyl (C=O) groups excluding carboxylic acids is 2. The number of aromatic hydroxyl groups is 1. The molecule has 0 radical (unpaired) electrons. The molecule has 21 heavy (non-hydrogen) atoms. The van der Waals surface area contributed by atoms with Crippen molar-refractivity contribution < 1.29 is 25.2 Å². The minimum atomic E-state index is -0.197. The van der Waals surface area contributed by atoms with E-state index in [1.54, 1.807) is 7.11 Å². The fourth-order valence-corrected chi connectivity index (χ4v) is 2.09. The quantitative estimate of drug-likeness (QED) is 0.746. The van der Waals surface area contributed by atoms with Gasteiger partial charge < -0.3 is 20.9 Å². The van der Waals surface area contributed by atoms with Crippen molar-refractivity contribution in [2.24, 2.45) is 0 Å². The van der Waals surface area contributed by atoms with E-state index in [9.17, 15) is 14.7 Å². The van der Waals surface area contributed by atoms with E-state index in [1.807, 2.05) is 19.1 Å².